The van der Waals surface area contributed by atoms with E-state index < -0.39 is 22.5 Å². The maximum atomic E-state index is 12.4. The molecule has 0 unspecified atom stereocenters. The second-order valence-corrected chi connectivity index (χ2v) is 7.03. The van der Waals surface area contributed by atoms with Crippen LogP contribution in [0.4, 0.5) is 0 Å². The Labute approximate surface area is 130 Å². The summed E-state index contributed by atoms with van der Waals surface area (Å²) in [6.07, 6.45) is 0. The van der Waals surface area contributed by atoms with E-state index in [1.807, 2.05) is 0 Å². The fraction of sp³-hybridized carbons (Fsp3) is 0.364. The topological polar surface area (TPSA) is 83.9 Å². The highest BCUT2D eigenvalue weighted by Gasteiger charge is 2.28. The molecule has 0 spiro atoms. The molecule has 1 aromatic carbocycles. The zero-order valence-corrected chi connectivity index (χ0v) is 13.7. The summed E-state index contributed by atoms with van der Waals surface area (Å²) in [7, 11) is -2.60. The van der Waals surface area contributed by atoms with E-state index in [4.69, 9.17) is 21.4 Å². The summed E-state index contributed by atoms with van der Waals surface area (Å²) in [6.45, 7) is -0.643. The van der Waals surface area contributed by atoms with Gasteiger partial charge in [-0.25, -0.2) is 8.42 Å². The standard InChI is InChI=1S/C11H13BrClNO5S/c1-19-5-4-14(7-11(15)16)20(17,18)10-3-2-8(12)6-9(10)13/h2-3,6H,4-5,7H2,1H3,(H,15,16). The number of rotatable bonds is 7. The maximum absolute atomic E-state index is 12.4. The molecule has 9 heteroatoms. The number of hydrogen-bond donors (Lipinski definition) is 1. The molecule has 0 aromatic heterocycles. The number of halogens is 2. The van der Waals surface area contributed by atoms with Crippen molar-refractivity contribution in [1.29, 1.82) is 0 Å². The van der Waals surface area contributed by atoms with Gasteiger partial charge in [0.15, 0.2) is 0 Å². The lowest BCUT2D eigenvalue weighted by Crippen LogP contribution is -2.38. The van der Waals surface area contributed by atoms with E-state index in [9.17, 15) is 13.2 Å². The lowest BCUT2D eigenvalue weighted by Gasteiger charge is -2.20. The third-order valence-corrected chi connectivity index (χ3v) is 5.19. The number of carboxylic acids is 1. The van der Waals surface area contributed by atoms with Gasteiger partial charge in [0.1, 0.15) is 11.4 Å². The largest absolute Gasteiger partial charge is 0.480 e. The first-order valence-corrected chi connectivity index (χ1v) is 8.06. The molecule has 0 amide bonds. The lowest BCUT2D eigenvalue weighted by atomic mass is 10.4. The van der Waals surface area contributed by atoms with E-state index in [1.165, 1.54) is 25.3 Å². The second kappa shape index (κ2) is 7.37. The minimum atomic E-state index is -4.00. The number of benzene rings is 1. The number of sulfonamides is 1. The lowest BCUT2D eigenvalue weighted by molar-refractivity contribution is -0.137. The quantitative estimate of drug-likeness (QED) is 0.773. The molecular weight excluding hydrogens is 374 g/mol. The summed E-state index contributed by atoms with van der Waals surface area (Å²) in [5, 5.41) is 8.84. The van der Waals surface area contributed by atoms with E-state index in [0.29, 0.717) is 4.47 Å². The molecule has 0 aliphatic rings. The van der Waals surface area contributed by atoms with E-state index in [0.717, 1.165) is 4.31 Å². The Hall–Kier alpha value is -0.670. The number of carbonyl (C=O) groups is 1. The van der Waals surface area contributed by atoms with Crippen LogP contribution < -0.4 is 0 Å². The predicted molar refractivity (Wildman–Crippen MR) is 77.4 cm³/mol. The third-order valence-electron chi connectivity index (χ3n) is 2.37. The normalized spacial score (nSPS) is 11.8. The molecule has 0 heterocycles. The molecule has 1 N–H and O–H groups in total. The second-order valence-electron chi connectivity index (χ2n) is 3.80. The van der Waals surface area contributed by atoms with Gasteiger partial charge in [0.2, 0.25) is 10.0 Å². The third kappa shape index (κ3) is 4.42. The summed E-state index contributed by atoms with van der Waals surface area (Å²) in [5.41, 5.74) is 0. The smallest absolute Gasteiger partial charge is 0.318 e. The maximum Gasteiger partial charge on any atom is 0.318 e. The van der Waals surface area contributed by atoms with E-state index in [-0.39, 0.29) is 23.1 Å². The fourth-order valence-corrected chi connectivity index (χ4v) is 3.84. The Balaban J connectivity index is 3.17. The minimum Gasteiger partial charge on any atom is -0.480 e. The average molecular weight is 387 g/mol. The van der Waals surface area contributed by atoms with Crippen molar-refractivity contribution in [3.05, 3.63) is 27.7 Å². The minimum absolute atomic E-state index is 0.0205. The van der Waals surface area contributed by atoms with E-state index in [2.05, 4.69) is 15.9 Å². The zero-order chi connectivity index (χ0) is 15.3. The van der Waals surface area contributed by atoms with Gasteiger partial charge in [-0.1, -0.05) is 27.5 Å². The van der Waals surface area contributed by atoms with Gasteiger partial charge in [0, 0.05) is 18.1 Å². The Bertz CT molecular complexity index is 592. The molecular formula is C11H13BrClNO5S. The summed E-state index contributed by atoms with van der Waals surface area (Å²) in [6, 6.07) is 4.28. The van der Waals surface area contributed by atoms with Crippen LogP contribution in [0.25, 0.3) is 0 Å². The molecule has 1 rings (SSSR count). The molecule has 6 nitrogen and oxygen atoms in total. The molecule has 0 atom stereocenters. The molecule has 1 aromatic rings. The van der Waals surface area contributed by atoms with Crippen molar-refractivity contribution in [2.45, 2.75) is 4.90 Å². The summed E-state index contributed by atoms with van der Waals surface area (Å²) >= 11 is 9.09. The van der Waals surface area contributed by atoms with Crippen molar-refractivity contribution < 1.29 is 23.1 Å². The van der Waals surface area contributed by atoms with Gasteiger partial charge < -0.3 is 9.84 Å². The van der Waals surface area contributed by atoms with Crippen molar-refractivity contribution in [2.24, 2.45) is 0 Å². The molecule has 0 fully saturated rings. The average Bonchev–Trinajstić information content (AvgIpc) is 2.33. The summed E-state index contributed by atoms with van der Waals surface area (Å²) < 4.78 is 31.1. The molecule has 20 heavy (non-hydrogen) atoms. The van der Waals surface area contributed by atoms with Crippen LogP contribution in [0.1, 0.15) is 0 Å². The van der Waals surface area contributed by atoms with Gasteiger partial charge in [0.05, 0.1) is 11.6 Å². The van der Waals surface area contributed by atoms with Gasteiger partial charge in [-0.15, -0.1) is 0 Å². The van der Waals surface area contributed by atoms with Crippen molar-refractivity contribution in [3.63, 3.8) is 0 Å². The van der Waals surface area contributed by atoms with Gasteiger partial charge in [-0.3, -0.25) is 4.79 Å². The van der Waals surface area contributed by atoms with Crippen LogP contribution in [-0.4, -0.2) is 50.6 Å². The van der Waals surface area contributed by atoms with Gasteiger partial charge in [-0.05, 0) is 18.2 Å². The first-order chi connectivity index (χ1) is 9.28. The van der Waals surface area contributed by atoms with E-state index >= 15 is 0 Å². The number of ether oxygens (including phenoxy) is 1. The first-order valence-electron chi connectivity index (χ1n) is 5.45. The summed E-state index contributed by atoms with van der Waals surface area (Å²) in [4.78, 5) is 10.7. The van der Waals surface area contributed by atoms with Gasteiger partial charge in [0.25, 0.3) is 0 Å². The number of nitrogens with zero attached hydrogens (tertiary/aromatic N) is 1. The van der Waals surface area contributed by atoms with Crippen LogP contribution in [0.3, 0.4) is 0 Å². The van der Waals surface area contributed by atoms with Crippen LogP contribution in [0.5, 0.6) is 0 Å². The Kier molecular flexibility index (Phi) is 6.41. The van der Waals surface area contributed by atoms with Crippen LogP contribution in [0, 0.1) is 0 Å². The Morgan fingerprint density at radius 1 is 1.50 bits per heavy atom. The van der Waals surface area contributed by atoms with E-state index in [1.54, 1.807) is 0 Å². The molecule has 0 saturated heterocycles. The highest BCUT2D eigenvalue weighted by Crippen LogP contribution is 2.27. The SMILES string of the molecule is COCCN(CC(=O)O)S(=O)(=O)c1ccc(Br)cc1Cl. The van der Waals surface area contributed by atoms with Crippen LogP contribution in [-0.2, 0) is 19.6 Å². The van der Waals surface area contributed by atoms with Crippen LogP contribution in [0.2, 0.25) is 5.02 Å². The van der Waals surface area contributed by atoms with Crippen molar-refractivity contribution in [1.82, 2.24) is 4.31 Å². The molecule has 112 valence electrons. The highest BCUT2D eigenvalue weighted by molar-refractivity contribution is 9.10. The number of aliphatic carboxylic acids is 1. The molecule has 0 saturated carbocycles. The van der Waals surface area contributed by atoms with Crippen molar-refractivity contribution in [3.8, 4) is 0 Å². The van der Waals surface area contributed by atoms with Crippen molar-refractivity contribution in [2.75, 3.05) is 26.8 Å². The monoisotopic (exact) mass is 385 g/mol. The molecule has 0 aliphatic carbocycles. The first kappa shape index (κ1) is 17.4. The number of hydrogen-bond acceptors (Lipinski definition) is 4. The Morgan fingerprint density at radius 3 is 2.65 bits per heavy atom. The van der Waals surface area contributed by atoms with Crippen molar-refractivity contribution >= 4 is 43.5 Å². The predicted octanol–water partition coefficient (Wildman–Crippen LogP) is 1.82. The van der Waals surface area contributed by atoms with Crippen LogP contribution >= 0.6 is 27.5 Å². The zero-order valence-electron chi connectivity index (χ0n) is 10.5. The Morgan fingerprint density at radius 2 is 2.15 bits per heavy atom. The van der Waals surface area contributed by atoms with Crippen LogP contribution in [0.15, 0.2) is 27.6 Å². The highest BCUT2D eigenvalue weighted by atomic mass is 79.9. The molecule has 0 aliphatic heterocycles. The summed E-state index contributed by atoms with van der Waals surface area (Å²) in [5.74, 6) is -1.25. The fourth-order valence-electron chi connectivity index (χ4n) is 1.45. The number of carboxylic acid groups (broad SMARTS) is 1. The van der Waals surface area contributed by atoms with Gasteiger partial charge in [-0.2, -0.15) is 4.31 Å². The molecule has 0 bridgehead atoms. The van der Waals surface area contributed by atoms with Gasteiger partial charge >= 0.3 is 5.97 Å². The number of methoxy groups -OCH3 is 1. The molecule has 0 radical (unpaired) electrons.